The highest BCUT2D eigenvalue weighted by molar-refractivity contribution is 5.98. The van der Waals surface area contributed by atoms with Crippen LogP contribution in [0.4, 0.5) is 10.6 Å². The van der Waals surface area contributed by atoms with Gasteiger partial charge < -0.3 is 10.2 Å². The number of imide groups is 1. The average molecular weight is 303 g/mol. The third-order valence-corrected chi connectivity index (χ3v) is 4.32. The summed E-state index contributed by atoms with van der Waals surface area (Å²) in [6.07, 6.45) is 1.79. The minimum absolute atomic E-state index is 0.110. The van der Waals surface area contributed by atoms with Gasteiger partial charge in [0.1, 0.15) is 5.82 Å². The Morgan fingerprint density at radius 2 is 2.00 bits per heavy atom. The van der Waals surface area contributed by atoms with Crippen LogP contribution in [0.5, 0.6) is 0 Å². The van der Waals surface area contributed by atoms with E-state index in [2.05, 4.69) is 20.1 Å². The number of amides is 3. The maximum atomic E-state index is 12.4. The number of carbonyl (C=O) groups is 2. The van der Waals surface area contributed by atoms with Crippen molar-refractivity contribution >= 4 is 17.8 Å². The summed E-state index contributed by atoms with van der Waals surface area (Å²) in [7, 11) is 0. The van der Waals surface area contributed by atoms with Gasteiger partial charge in [0, 0.05) is 45.5 Å². The summed E-state index contributed by atoms with van der Waals surface area (Å²) >= 11 is 0. The van der Waals surface area contributed by atoms with Crippen LogP contribution in [0.1, 0.15) is 6.92 Å². The van der Waals surface area contributed by atoms with Gasteiger partial charge in [-0.3, -0.25) is 14.6 Å². The Balaban J connectivity index is 1.57. The number of rotatable bonds is 3. The van der Waals surface area contributed by atoms with E-state index in [0.29, 0.717) is 13.1 Å². The zero-order chi connectivity index (χ0) is 15.5. The van der Waals surface area contributed by atoms with Gasteiger partial charge in [-0.25, -0.2) is 9.78 Å². The fourth-order valence-electron chi connectivity index (χ4n) is 2.94. The van der Waals surface area contributed by atoms with Gasteiger partial charge in [-0.1, -0.05) is 6.07 Å². The summed E-state index contributed by atoms with van der Waals surface area (Å²) in [5.74, 6) is 0.862. The quantitative estimate of drug-likeness (QED) is 0.860. The predicted molar refractivity (Wildman–Crippen MR) is 82.6 cm³/mol. The Bertz CT molecular complexity index is 542. The number of piperazine rings is 1. The molecule has 0 aliphatic carbocycles. The predicted octanol–water partition coefficient (Wildman–Crippen LogP) is 0.144. The van der Waals surface area contributed by atoms with Gasteiger partial charge in [-0.05, 0) is 19.1 Å². The van der Waals surface area contributed by atoms with E-state index < -0.39 is 0 Å². The Morgan fingerprint density at radius 3 is 2.59 bits per heavy atom. The molecule has 0 bridgehead atoms. The van der Waals surface area contributed by atoms with Crippen molar-refractivity contribution in [3.05, 3.63) is 24.4 Å². The second-order valence-electron chi connectivity index (χ2n) is 5.61. The fraction of sp³-hybridized carbons (Fsp3) is 0.533. The summed E-state index contributed by atoms with van der Waals surface area (Å²) in [5, 5.41) is 2.67. The Morgan fingerprint density at radius 1 is 1.23 bits per heavy atom. The zero-order valence-corrected chi connectivity index (χ0v) is 12.7. The number of aromatic nitrogens is 1. The molecule has 1 aromatic heterocycles. The summed E-state index contributed by atoms with van der Waals surface area (Å²) in [6.45, 7) is 6.14. The summed E-state index contributed by atoms with van der Waals surface area (Å²) in [6, 6.07) is 5.34. The number of nitrogens with one attached hydrogen (secondary N) is 1. The molecule has 1 aromatic rings. The number of anilines is 1. The van der Waals surface area contributed by atoms with E-state index in [0.717, 1.165) is 32.0 Å². The molecule has 3 amide bonds. The molecule has 2 aliphatic rings. The van der Waals surface area contributed by atoms with Crippen molar-refractivity contribution in [1.29, 1.82) is 0 Å². The molecule has 0 unspecified atom stereocenters. The number of pyridine rings is 1. The maximum absolute atomic E-state index is 12.4. The molecule has 0 aromatic carbocycles. The van der Waals surface area contributed by atoms with Gasteiger partial charge in [0.2, 0.25) is 5.91 Å². The van der Waals surface area contributed by atoms with Gasteiger partial charge in [0.05, 0.1) is 6.04 Å². The highest BCUT2D eigenvalue weighted by Crippen LogP contribution is 2.15. The molecule has 2 saturated heterocycles. The molecule has 7 heteroatoms. The lowest BCUT2D eigenvalue weighted by Crippen LogP contribution is -2.55. The number of hydrogen-bond acceptors (Lipinski definition) is 5. The summed E-state index contributed by atoms with van der Waals surface area (Å²) in [5.41, 5.74) is 0. The largest absolute Gasteiger partial charge is 0.354 e. The van der Waals surface area contributed by atoms with Crippen molar-refractivity contribution < 1.29 is 9.59 Å². The SMILES string of the molecule is C[C@@H](C(=O)N1CCNC1=O)N1CCN(c2ccccn2)CC1. The molecular formula is C15H21N5O2. The Hall–Kier alpha value is -2.15. The zero-order valence-electron chi connectivity index (χ0n) is 12.7. The smallest absolute Gasteiger partial charge is 0.324 e. The van der Waals surface area contributed by atoms with Gasteiger partial charge in [-0.15, -0.1) is 0 Å². The van der Waals surface area contributed by atoms with Crippen LogP contribution in [0, 0.1) is 0 Å². The molecule has 3 rings (SSSR count). The van der Waals surface area contributed by atoms with Crippen LogP contribution in [0.3, 0.4) is 0 Å². The standard InChI is InChI=1S/C15H21N5O2/c1-12(14(21)20-7-6-17-15(20)22)18-8-10-19(11-9-18)13-4-2-3-5-16-13/h2-5,12H,6-11H2,1H3,(H,17,22)/t12-/m0/s1. The molecule has 0 radical (unpaired) electrons. The van der Waals surface area contributed by atoms with Crippen molar-refractivity contribution in [1.82, 2.24) is 20.1 Å². The molecule has 3 heterocycles. The second-order valence-corrected chi connectivity index (χ2v) is 5.61. The first-order chi connectivity index (χ1) is 10.7. The van der Waals surface area contributed by atoms with E-state index in [1.807, 2.05) is 25.1 Å². The lowest BCUT2D eigenvalue weighted by atomic mass is 10.2. The van der Waals surface area contributed by atoms with E-state index in [9.17, 15) is 9.59 Å². The summed E-state index contributed by atoms with van der Waals surface area (Å²) in [4.78, 5) is 34.0. The highest BCUT2D eigenvalue weighted by atomic mass is 16.2. The number of hydrogen-bond donors (Lipinski definition) is 1. The van der Waals surface area contributed by atoms with E-state index in [4.69, 9.17) is 0 Å². The van der Waals surface area contributed by atoms with Gasteiger partial charge in [0.25, 0.3) is 0 Å². The molecule has 1 N–H and O–H groups in total. The molecular weight excluding hydrogens is 282 g/mol. The van der Waals surface area contributed by atoms with Crippen LogP contribution in [-0.4, -0.2) is 72.0 Å². The van der Waals surface area contributed by atoms with Crippen molar-refractivity contribution in [3.63, 3.8) is 0 Å². The topological polar surface area (TPSA) is 68.8 Å². The highest BCUT2D eigenvalue weighted by Gasteiger charge is 2.33. The number of nitrogens with zero attached hydrogens (tertiary/aromatic N) is 4. The molecule has 7 nitrogen and oxygen atoms in total. The van der Waals surface area contributed by atoms with E-state index >= 15 is 0 Å². The molecule has 22 heavy (non-hydrogen) atoms. The monoisotopic (exact) mass is 303 g/mol. The van der Waals surface area contributed by atoms with E-state index in [-0.39, 0.29) is 18.0 Å². The molecule has 0 saturated carbocycles. The van der Waals surface area contributed by atoms with Gasteiger partial charge >= 0.3 is 6.03 Å². The normalized spacial score (nSPS) is 20.9. The molecule has 0 spiro atoms. The molecule has 2 aliphatic heterocycles. The number of urea groups is 1. The van der Waals surface area contributed by atoms with Crippen molar-refractivity contribution in [2.75, 3.05) is 44.2 Å². The lowest BCUT2D eigenvalue weighted by Gasteiger charge is -2.38. The van der Waals surface area contributed by atoms with Crippen LogP contribution in [0.15, 0.2) is 24.4 Å². The third-order valence-electron chi connectivity index (χ3n) is 4.32. The fourth-order valence-corrected chi connectivity index (χ4v) is 2.94. The third kappa shape index (κ3) is 2.89. The average Bonchev–Trinajstić information content (AvgIpc) is 3.00. The van der Waals surface area contributed by atoms with Crippen molar-refractivity contribution in [2.24, 2.45) is 0 Å². The maximum Gasteiger partial charge on any atom is 0.324 e. The lowest BCUT2D eigenvalue weighted by molar-refractivity contribution is -0.132. The van der Waals surface area contributed by atoms with Gasteiger partial charge in [-0.2, -0.15) is 0 Å². The molecule has 2 fully saturated rings. The minimum Gasteiger partial charge on any atom is -0.354 e. The first-order valence-electron chi connectivity index (χ1n) is 7.66. The summed E-state index contributed by atoms with van der Waals surface area (Å²) < 4.78 is 0. The van der Waals surface area contributed by atoms with Crippen molar-refractivity contribution in [3.8, 4) is 0 Å². The first-order valence-corrected chi connectivity index (χ1v) is 7.66. The van der Waals surface area contributed by atoms with Crippen LogP contribution in [-0.2, 0) is 4.79 Å². The van der Waals surface area contributed by atoms with E-state index in [1.54, 1.807) is 6.20 Å². The first kappa shape index (κ1) is 14.8. The second kappa shape index (κ2) is 6.31. The van der Waals surface area contributed by atoms with Gasteiger partial charge in [0.15, 0.2) is 0 Å². The van der Waals surface area contributed by atoms with Crippen LogP contribution >= 0.6 is 0 Å². The minimum atomic E-state index is -0.274. The van der Waals surface area contributed by atoms with Crippen LogP contribution < -0.4 is 10.2 Å². The van der Waals surface area contributed by atoms with Crippen molar-refractivity contribution in [2.45, 2.75) is 13.0 Å². The van der Waals surface area contributed by atoms with Crippen LogP contribution in [0.25, 0.3) is 0 Å². The van der Waals surface area contributed by atoms with E-state index in [1.165, 1.54) is 4.90 Å². The molecule has 118 valence electrons. The molecule has 1 atom stereocenters. The Labute approximate surface area is 129 Å². The van der Waals surface area contributed by atoms with Crippen LogP contribution in [0.2, 0.25) is 0 Å². The Kier molecular flexibility index (Phi) is 4.24. The number of carbonyl (C=O) groups excluding carboxylic acids is 2.